The summed E-state index contributed by atoms with van der Waals surface area (Å²) in [6.45, 7) is 4.90. The molecule has 2 heterocycles. The van der Waals surface area contributed by atoms with Crippen LogP contribution in [0, 0.1) is 0 Å². The summed E-state index contributed by atoms with van der Waals surface area (Å²) in [5, 5.41) is 2.92. The quantitative estimate of drug-likeness (QED) is 0.335. The number of carbonyl (C=O) groups excluding carboxylic acids is 1. The maximum Gasteiger partial charge on any atom is 0.255 e. The number of anilines is 1. The Bertz CT molecular complexity index is 1170. The van der Waals surface area contributed by atoms with Crippen molar-refractivity contribution in [3.63, 3.8) is 0 Å². The highest BCUT2D eigenvalue weighted by atomic mass is 32.2. The minimum atomic E-state index is -0.173. The van der Waals surface area contributed by atoms with Crippen molar-refractivity contribution in [3.05, 3.63) is 84.3 Å². The molecule has 6 nitrogen and oxygen atoms in total. The van der Waals surface area contributed by atoms with Gasteiger partial charge in [0.05, 0.1) is 18.9 Å². The number of rotatable bonds is 9. The van der Waals surface area contributed by atoms with Crippen molar-refractivity contribution in [2.24, 2.45) is 0 Å². The summed E-state index contributed by atoms with van der Waals surface area (Å²) in [4.78, 5) is 18.4. The molecule has 0 spiro atoms. The number of hydrogen-bond acceptors (Lipinski definition) is 5. The lowest BCUT2D eigenvalue weighted by Crippen LogP contribution is -2.12. The minimum absolute atomic E-state index is 0.173. The van der Waals surface area contributed by atoms with Crippen LogP contribution in [0.2, 0.25) is 0 Å². The molecule has 0 bridgehead atoms. The van der Waals surface area contributed by atoms with E-state index >= 15 is 0 Å². The van der Waals surface area contributed by atoms with E-state index in [4.69, 9.17) is 9.47 Å². The Hall–Kier alpha value is -3.45. The fraction of sp³-hybridized carbons (Fsp3) is 0.200. The zero-order valence-corrected chi connectivity index (χ0v) is 18.9. The fourth-order valence-electron chi connectivity index (χ4n) is 3.25. The molecule has 0 fully saturated rings. The highest BCUT2D eigenvalue weighted by Gasteiger charge is 2.11. The van der Waals surface area contributed by atoms with Gasteiger partial charge in [0, 0.05) is 40.4 Å². The smallest absolute Gasteiger partial charge is 0.255 e. The normalized spacial score (nSPS) is 10.8. The van der Waals surface area contributed by atoms with Gasteiger partial charge in [0.1, 0.15) is 5.65 Å². The van der Waals surface area contributed by atoms with Crippen LogP contribution >= 0.6 is 11.8 Å². The van der Waals surface area contributed by atoms with E-state index in [1.54, 1.807) is 17.8 Å². The lowest BCUT2D eigenvalue weighted by Gasteiger charge is -2.13. The van der Waals surface area contributed by atoms with E-state index in [9.17, 15) is 4.79 Å². The Kier molecular flexibility index (Phi) is 6.97. The third-order valence-corrected chi connectivity index (χ3v) is 5.76. The third kappa shape index (κ3) is 5.23. The molecule has 0 radical (unpaired) electrons. The molecule has 2 aromatic carbocycles. The monoisotopic (exact) mass is 447 g/mol. The molecule has 1 N–H and O–H groups in total. The summed E-state index contributed by atoms with van der Waals surface area (Å²) in [5.74, 6) is 1.87. The van der Waals surface area contributed by atoms with Gasteiger partial charge in [-0.3, -0.25) is 4.79 Å². The second-order valence-electron chi connectivity index (χ2n) is 6.99. The molecule has 1 amide bonds. The zero-order valence-electron chi connectivity index (χ0n) is 18.1. The van der Waals surface area contributed by atoms with Gasteiger partial charge < -0.3 is 19.2 Å². The van der Waals surface area contributed by atoms with Crippen LogP contribution in [0.5, 0.6) is 11.5 Å². The number of amides is 1. The van der Waals surface area contributed by atoms with Crippen LogP contribution in [0.25, 0.3) is 5.65 Å². The molecule has 2 aromatic heterocycles. The first-order chi connectivity index (χ1) is 15.7. The lowest BCUT2D eigenvalue weighted by molar-refractivity contribution is 0.102. The number of benzene rings is 2. The number of hydrogen-bond donors (Lipinski definition) is 1. The van der Waals surface area contributed by atoms with Crippen molar-refractivity contribution in [2.45, 2.75) is 24.5 Å². The maximum atomic E-state index is 12.7. The molecule has 0 aliphatic rings. The molecule has 7 heteroatoms. The van der Waals surface area contributed by atoms with E-state index in [1.807, 2.05) is 85.2 Å². The molecule has 164 valence electrons. The average Bonchev–Trinajstić information content (AvgIpc) is 3.23. The summed E-state index contributed by atoms with van der Waals surface area (Å²) in [6.07, 6.45) is 4.03. The van der Waals surface area contributed by atoms with Gasteiger partial charge in [0.2, 0.25) is 0 Å². The van der Waals surface area contributed by atoms with E-state index < -0.39 is 0 Å². The van der Waals surface area contributed by atoms with Gasteiger partial charge >= 0.3 is 0 Å². The van der Waals surface area contributed by atoms with Crippen LogP contribution in [0.15, 0.2) is 78.0 Å². The minimum Gasteiger partial charge on any atom is -0.490 e. The topological polar surface area (TPSA) is 64.9 Å². The predicted octanol–water partition coefficient (Wildman–Crippen LogP) is 5.68. The predicted molar refractivity (Wildman–Crippen MR) is 128 cm³/mol. The Balaban J connectivity index is 1.38. The summed E-state index contributed by atoms with van der Waals surface area (Å²) >= 11 is 1.69. The Labute approximate surface area is 191 Å². The first-order valence-corrected chi connectivity index (χ1v) is 11.5. The van der Waals surface area contributed by atoms with Crippen LogP contribution in [0.4, 0.5) is 5.69 Å². The SMILES string of the molecule is CCOc1ccc(NC(=O)c2ccc(SCc3cn4ccccc4n3)cc2)cc1OCC. The highest BCUT2D eigenvalue weighted by molar-refractivity contribution is 7.98. The molecule has 0 saturated heterocycles. The van der Waals surface area contributed by atoms with Gasteiger partial charge in [-0.15, -0.1) is 11.8 Å². The second kappa shape index (κ2) is 10.2. The van der Waals surface area contributed by atoms with Crippen LogP contribution < -0.4 is 14.8 Å². The summed E-state index contributed by atoms with van der Waals surface area (Å²) in [5.41, 5.74) is 3.21. The summed E-state index contributed by atoms with van der Waals surface area (Å²) < 4.78 is 13.2. The Morgan fingerprint density at radius 1 is 1.00 bits per heavy atom. The van der Waals surface area contributed by atoms with E-state index in [0.29, 0.717) is 36.0 Å². The van der Waals surface area contributed by atoms with Crippen LogP contribution in [0.3, 0.4) is 0 Å². The number of carbonyl (C=O) groups is 1. The third-order valence-electron chi connectivity index (χ3n) is 4.72. The molecule has 4 rings (SSSR count). The van der Waals surface area contributed by atoms with Crippen molar-refractivity contribution in [3.8, 4) is 11.5 Å². The standard InChI is InChI=1S/C25H25N3O3S/c1-3-30-22-13-10-19(15-23(22)31-4-2)27-25(29)18-8-11-21(12-9-18)32-17-20-16-28-14-6-5-7-24(28)26-20/h5-16H,3-4,17H2,1-2H3,(H,27,29). The molecular formula is C25H25N3O3S. The maximum absolute atomic E-state index is 12.7. The molecule has 0 unspecified atom stereocenters. The zero-order chi connectivity index (χ0) is 22.3. The van der Waals surface area contributed by atoms with Crippen molar-refractivity contribution >= 4 is 29.0 Å². The fourth-order valence-corrected chi connectivity index (χ4v) is 4.03. The second-order valence-corrected chi connectivity index (χ2v) is 8.04. The van der Waals surface area contributed by atoms with Crippen molar-refractivity contribution in [1.29, 1.82) is 0 Å². The van der Waals surface area contributed by atoms with E-state index in [1.165, 1.54) is 0 Å². The number of fused-ring (bicyclic) bond motifs is 1. The van der Waals surface area contributed by atoms with Gasteiger partial charge in [0.15, 0.2) is 11.5 Å². The largest absolute Gasteiger partial charge is 0.490 e. The summed E-state index contributed by atoms with van der Waals surface area (Å²) in [7, 11) is 0. The number of aromatic nitrogens is 2. The molecule has 0 aliphatic carbocycles. The van der Waals surface area contributed by atoms with Crippen LogP contribution in [0.1, 0.15) is 29.9 Å². The number of pyridine rings is 1. The van der Waals surface area contributed by atoms with E-state index in [2.05, 4.69) is 10.3 Å². The number of thioether (sulfide) groups is 1. The van der Waals surface area contributed by atoms with Crippen LogP contribution in [-0.4, -0.2) is 28.5 Å². The molecule has 0 atom stereocenters. The number of imidazole rings is 1. The van der Waals surface area contributed by atoms with Gasteiger partial charge in [0.25, 0.3) is 5.91 Å². The highest BCUT2D eigenvalue weighted by Crippen LogP contribution is 2.31. The number of nitrogens with zero attached hydrogens (tertiary/aromatic N) is 2. The van der Waals surface area contributed by atoms with Gasteiger partial charge in [-0.05, 0) is 62.4 Å². The first-order valence-electron chi connectivity index (χ1n) is 10.5. The molecular weight excluding hydrogens is 422 g/mol. The van der Waals surface area contributed by atoms with Crippen molar-refractivity contribution < 1.29 is 14.3 Å². The van der Waals surface area contributed by atoms with Crippen LogP contribution in [-0.2, 0) is 5.75 Å². The Morgan fingerprint density at radius 2 is 1.78 bits per heavy atom. The van der Waals surface area contributed by atoms with E-state index in [-0.39, 0.29) is 5.91 Å². The van der Waals surface area contributed by atoms with Crippen molar-refractivity contribution in [1.82, 2.24) is 9.38 Å². The first kappa shape index (κ1) is 21.8. The Morgan fingerprint density at radius 3 is 2.53 bits per heavy atom. The lowest BCUT2D eigenvalue weighted by atomic mass is 10.2. The van der Waals surface area contributed by atoms with Gasteiger partial charge in [-0.1, -0.05) is 6.07 Å². The molecule has 32 heavy (non-hydrogen) atoms. The molecule has 0 aliphatic heterocycles. The molecule has 4 aromatic rings. The number of nitrogens with one attached hydrogen (secondary N) is 1. The van der Waals surface area contributed by atoms with Gasteiger partial charge in [-0.25, -0.2) is 4.98 Å². The van der Waals surface area contributed by atoms with Gasteiger partial charge in [-0.2, -0.15) is 0 Å². The molecule has 0 saturated carbocycles. The van der Waals surface area contributed by atoms with Crippen molar-refractivity contribution in [2.75, 3.05) is 18.5 Å². The van der Waals surface area contributed by atoms with E-state index in [0.717, 1.165) is 22.0 Å². The summed E-state index contributed by atoms with van der Waals surface area (Å²) in [6, 6.07) is 18.9. The number of ether oxygens (including phenoxy) is 2. The average molecular weight is 448 g/mol.